The molecular formula is C19H29N3O4. The van der Waals surface area contributed by atoms with Crippen molar-refractivity contribution in [1.29, 1.82) is 0 Å². The first-order chi connectivity index (χ1) is 12.7. The van der Waals surface area contributed by atoms with Crippen molar-refractivity contribution in [3.8, 4) is 17.2 Å². The minimum absolute atomic E-state index is 0.0708. The summed E-state index contributed by atoms with van der Waals surface area (Å²) in [7, 11) is 4.83. The Hall–Kier alpha value is -2.31. The topological polar surface area (TPSA) is 63.3 Å². The Morgan fingerprint density at radius 2 is 1.54 bits per heavy atom. The van der Waals surface area contributed by atoms with Crippen LogP contribution in [0.15, 0.2) is 12.1 Å². The first-order valence-electron chi connectivity index (χ1n) is 9.26. The lowest BCUT2D eigenvalue weighted by molar-refractivity contribution is 0.190. The molecule has 0 bridgehead atoms. The Balaban J connectivity index is 1.63. The summed E-state index contributed by atoms with van der Waals surface area (Å²) in [6.07, 6.45) is 4.66. The van der Waals surface area contributed by atoms with Gasteiger partial charge in [0.1, 0.15) is 0 Å². The number of anilines is 1. The Bertz CT molecular complexity index is 598. The molecule has 3 rings (SSSR count). The molecule has 0 unspecified atom stereocenters. The van der Waals surface area contributed by atoms with Crippen molar-refractivity contribution < 1.29 is 19.0 Å². The summed E-state index contributed by atoms with van der Waals surface area (Å²) in [6.45, 7) is 2.96. The molecule has 26 heavy (non-hydrogen) atoms. The standard InChI is InChI=1S/C19H29N3O4/c1-24-16-12-15(13-17(25-2)18(16)26-3)21-8-10-22(11-9-21)19(23)20-14-6-4-5-7-14/h12-14H,4-11H2,1-3H3,(H,20,23). The van der Waals surface area contributed by atoms with E-state index in [1.807, 2.05) is 17.0 Å². The summed E-state index contributed by atoms with van der Waals surface area (Å²) >= 11 is 0. The third kappa shape index (κ3) is 3.92. The average Bonchev–Trinajstić information content (AvgIpc) is 3.19. The molecule has 1 aromatic rings. The van der Waals surface area contributed by atoms with E-state index in [0.29, 0.717) is 36.4 Å². The number of urea groups is 1. The third-order valence-electron chi connectivity index (χ3n) is 5.26. The number of piperazine rings is 1. The molecule has 1 aliphatic carbocycles. The molecule has 144 valence electrons. The van der Waals surface area contributed by atoms with E-state index in [1.165, 1.54) is 12.8 Å². The lowest BCUT2D eigenvalue weighted by atomic mass is 10.2. The Morgan fingerprint density at radius 3 is 2.04 bits per heavy atom. The maximum Gasteiger partial charge on any atom is 0.317 e. The molecule has 0 spiro atoms. The molecule has 7 nitrogen and oxygen atoms in total. The number of hydrogen-bond acceptors (Lipinski definition) is 5. The van der Waals surface area contributed by atoms with Crippen LogP contribution >= 0.6 is 0 Å². The van der Waals surface area contributed by atoms with E-state index in [1.54, 1.807) is 21.3 Å². The molecule has 1 saturated heterocycles. The summed E-state index contributed by atoms with van der Waals surface area (Å²) < 4.78 is 16.3. The highest BCUT2D eigenvalue weighted by molar-refractivity contribution is 5.75. The van der Waals surface area contributed by atoms with Crippen LogP contribution in [0.25, 0.3) is 0 Å². The first-order valence-corrected chi connectivity index (χ1v) is 9.26. The highest BCUT2D eigenvalue weighted by Crippen LogP contribution is 2.41. The maximum atomic E-state index is 12.4. The zero-order chi connectivity index (χ0) is 18.5. The Kier molecular flexibility index (Phi) is 5.96. The van der Waals surface area contributed by atoms with Gasteiger partial charge in [0.15, 0.2) is 11.5 Å². The second-order valence-electron chi connectivity index (χ2n) is 6.79. The van der Waals surface area contributed by atoms with E-state index in [2.05, 4.69) is 10.2 Å². The van der Waals surface area contributed by atoms with Crippen molar-refractivity contribution in [2.24, 2.45) is 0 Å². The SMILES string of the molecule is COc1cc(N2CCN(C(=O)NC3CCCC3)CC2)cc(OC)c1OC. The number of methoxy groups -OCH3 is 3. The Morgan fingerprint density at radius 1 is 0.962 bits per heavy atom. The normalized spacial score (nSPS) is 18.0. The average molecular weight is 363 g/mol. The fourth-order valence-electron chi connectivity index (χ4n) is 3.75. The van der Waals surface area contributed by atoms with Gasteiger partial charge in [0.2, 0.25) is 5.75 Å². The zero-order valence-electron chi connectivity index (χ0n) is 15.9. The van der Waals surface area contributed by atoms with Crippen molar-refractivity contribution in [3.05, 3.63) is 12.1 Å². The number of nitrogens with zero attached hydrogens (tertiary/aromatic N) is 2. The van der Waals surface area contributed by atoms with Gasteiger partial charge in [0.25, 0.3) is 0 Å². The maximum absolute atomic E-state index is 12.4. The lowest BCUT2D eigenvalue weighted by Crippen LogP contribution is -2.53. The van der Waals surface area contributed by atoms with Crippen LogP contribution in [0.4, 0.5) is 10.5 Å². The highest BCUT2D eigenvalue weighted by Gasteiger charge is 2.25. The quantitative estimate of drug-likeness (QED) is 0.871. The second kappa shape index (κ2) is 8.38. The van der Waals surface area contributed by atoms with Gasteiger partial charge in [-0.15, -0.1) is 0 Å². The number of amides is 2. The van der Waals surface area contributed by atoms with Gasteiger partial charge in [-0.3, -0.25) is 0 Å². The van der Waals surface area contributed by atoms with Gasteiger partial charge in [0.05, 0.1) is 21.3 Å². The highest BCUT2D eigenvalue weighted by atomic mass is 16.5. The van der Waals surface area contributed by atoms with Crippen LogP contribution in [0.1, 0.15) is 25.7 Å². The molecule has 2 fully saturated rings. The van der Waals surface area contributed by atoms with Gasteiger partial charge in [-0.2, -0.15) is 0 Å². The predicted octanol–water partition coefficient (Wildman–Crippen LogP) is 2.49. The number of rotatable bonds is 5. The minimum Gasteiger partial charge on any atom is -0.493 e. The van der Waals surface area contributed by atoms with Crippen LogP contribution in [0, 0.1) is 0 Å². The van der Waals surface area contributed by atoms with E-state index < -0.39 is 0 Å². The number of nitrogens with one attached hydrogen (secondary N) is 1. The van der Waals surface area contributed by atoms with Gasteiger partial charge < -0.3 is 29.3 Å². The second-order valence-corrected chi connectivity index (χ2v) is 6.79. The van der Waals surface area contributed by atoms with Crippen LogP contribution in [-0.2, 0) is 0 Å². The minimum atomic E-state index is 0.0708. The molecule has 1 aromatic carbocycles. The third-order valence-corrected chi connectivity index (χ3v) is 5.26. The van der Waals surface area contributed by atoms with Crippen molar-refractivity contribution in [2.75, 3.05) is 52.4 Å². The molecule has 2 aliphatic rings. The van der Waals surface area contributed by atoms with Gasteiger partial charge in [-0.1, -0.05) is 12.8 Å². The van der Waals surface area contributed by atoms with Crippen LogP contribution in [0.5, 0.6) is 17.2 Å². The van der Waals surface area contributed by atoms with Gasteiger partial charge in [0, 0.05) is 50.0 Å². The number of ether oxygens (including phenoxy) is 3. The fourth-order valence-corrected chi connectivity index (χ4v) is 3.75. The van der Waals surface area contributed by atoms with E-state index >= 15 is 0 Å². The molecule has 1 N–H and O–H groups in total. The molecular weight excluding hydrogens is 334 g/mol. The molecule has 0 atom stereocenters. The van der Waals surface area contributed by atoms with E-state index in [4.69, 9.17) is 14.2 Å². The fraction of sp³-hybridized carbons (Fsp3) is 0.632. The number of hydrogen-bond donors (Lipinski definition) is 1. The molecule has 1 aliphatic heterocycles. The molecule has 0 aromatic heterocycles. The van der Waals surface area contributed by atoms with Crippen molar-refractivity contribution in [3.63, 3.8) is 0 Å². The van der Waals surface area contributed by atoms with Gasteiger partial charge >= 0.3 is 6.03 Å². The lowest BCUT2D eigenvalue weighted by Gasteiger charge is -2.36. The summed E-state index contributed by atoms with van der Waals surface area (Å²) in [5, 5.41) is 3.17. The molecule has 1 heterocycles. The number of carbonyl (C=O) groups is 1. The summed E-state index contributed by atoms with van der Waals surface area (Å²) in [5.41, 5.74) is 1.01. The molecule has 1 saturated carbocycles. The Labute approximate surface area is 155 Å². The van der Waals surface area contributed by atoms with Crippen molar-refractivity contribution in [2.45, 2.75) is 31.7 Å². The smallest absolute Gasteiger partial charge is 0.317 e. The summed E-state index contributed by atoms with van der Waals surface area (Å²) in [5.74, 6) is 1.87. The first kappa shape index (κ1) is 18.5. The molecule has 0 radical (unpaired) electrons. The van der Waals surface area contributed by atoms with Crippen LogP contribution in [0.3, 0.4) is 0 Å². The van der Waals surface area contributed by atoms with Gasteiger partial charge in [-0.25, -0.2) is 4.79 Å². The number of carbonyl (C=O) groups excluding carboxylic acids is 1. The molecule has 2 amide bonds. The van der Waals surface area contributed by atoms with Gasteiger partial charge in [-0.05, 0) is 12.8 Å². The van der Waals surface area contributed by atoms with Crippen LogP contribution < -0.4 is 24.4 Å². The van der Waals surface area contributed by atoms with E-state index in [-0.39, 0.29) is 6.03 Å². The zero-order valence-corrected chi connectivity index (χ0v) is 15.9. The summed E-state index contributed by atoms with van der Waals surface area (Å²) in [4.78, 5) is 16.6. The summed E-state index contributed by atoms with van der Waals surface area (Å²) in [6, 6.07) is 4.34. The number of benzene rings is 1. The largest absolute Gasteiger partial charge is 0.493 e. The van der Waals surface area contributed by atoms with Crippen molar-refractivity contribution in [1.82, 2.24) is 10.2 Å². The molecule has 7 heteroatoms. The van der Waals surface area contributed by atoms with E-state index in [0.717, 1.165) is 31.6 Å². The predicted molar refractivity (Wildman–Crippen MR) is 101 cm³/mol. The van der Waals surface area contributed by atoms with Crippen LogP contribution in [-0.4, -0.2) is 64.5 Å². The van der Waals surface area contributed by atoms with Crippen LogP contribution in [0.2, 0.25) is 0 Å². The van der Waals surface area contributed by atoms with E-state index in [9.17, 15) is 4.79 Å². The monoisotopic (exact) mass is 363 g/mol. The van der Waals surface area contributed by atoms with Crippen molar-refractivity contribution >= 4 is 11.7 Å².